The molecular weight excluding hydrogens is 320 g/mol. The Morgan fingerprint density at radius 2 is 1.83 bits per heavy atom. The highest BCUT2D eigenvalue weighted by Crippen LogP contribution is 2.16. The summed E-state index contributed by atoms with van der Waals surface area (Å²) in [6.07, 6.45) is 0. The summed E-state index contributed by atoms with van der Waals surface area (Å²) in [4.78, 5) is 22.8. The number of urea groups is 1. The lowest BCUT2D eigenvalue weighted by Gasteiger charge is -2.09. The lowest BCUT2D eigenvalue weighted by Crippen LogP contribution is -2.23. The molecule has 6 nitrogen and oxygen atoms in total. The van der Waals surface area contributed by atoms with Crippen LogP contribution >= 0.6 is 0 Å². The zero-order chi connectivity index (χ0) is 17.5. The minimum atomic E-state index is -2.95. The van der Waals surface area contributed by atoms with Crippen molar-refractivity contribution in [3.63, 3.8) is 0 Å². The predicted octanol–water partition coefficient (Wildman–Crippen LogP) is 2.71. The molecule has 126 valence electrons. The molecule has 8 heteroatoms. The van der Waals surface area contributed by atoms with Gasteiger partial charge in [-0.1, -0.05) is 18.2 Å². The molecule has 2 aromatic rings. The molecule has 0 unspecified atom stereocenters. The molecule has 0 aliphatic heterocycles. The number of carbonyl (C=O) groups is 2. The Labute approximate surface area is 136 Å². The summed E-state index contributed by atoms with van der Waals surface area (Å²) in [6.45, 7) is -2.72. The van der Waals surface area contributed by atoms with Gasteiger partial charge in [0, 0.05) is 17.8 Å². The predicted molar refractivity (Wildman–Crippen MR) is 83.9 cm³/mol. The first-order valence-corrected chi connectivity index (χ1v) is 6.92. The fourth-order valence-electron chi connectivity index (χ4n) is 1.95. The van der Waals surface area contributed by atoms with Crippen LogP contribution in [0.15, 0.2) is 48.5 Å². The fourth-order valence-corrected chi connectivity index (χ4v) is 1.95. The van der Waals surface area contributed by atoms with Crippen LogP contribution < -0.4 is 21.1 Å². The fraction of sp³-hybridized carbons (Fsp3) is 0.125. The van der Waals surface area contributed by atoms with Gasteiger partial charge < -0.3 is 21.1 Å². The van der Waals surface area contributed by atoms with Crippen LogP contribution in [0.25, 0.3) is 0 Å². The van der Waals surface area contributed by atoms with Crippen LogP contribution in [0.2, 0.25) is 0 Å². The van der Waals surface area contributed by atoms with Crippen LogP contribution in [-0.2, 0) is 6.54 Å². The van der Waals surface area contributed by atoms with Crippen LogP contribution in [0, 0.1) is 0 Å². The summed E-state index contributed by atoms with van der Waals surface area (Å²) in [5, 5.41) is 5.08. The van der Waals surface area contributed by atoms with E-state index in [1.807, 2.05) is 0 Å². The highest BCUT2D eigenvalue weighted by atomic mass is 19.3. The van der Waals surface area contributed by atoms with E-state index in [1.54, 1.807) is 24.3 Å². The number of alkyl halides is 2. The van der Waals surface area contributed by atoms with E-state index < -0.39 is 18.5 Å². The Balaban J connectivity index is 1.94. The number of benzene rings is 2. The molecule has 0 radical (unpaired) electrons. The SMILES string of the molecule is NC(=O)Nc1ccc(CNC(=O)c2cccc(OC(F)F)c2)cc1. The molecule has 0 aromatic heterocycles. The Hall–Kier alpha value is -3.16. The van der Waals surface area contributed by atoms with Gasteiger partial charge in [0.25, 0.3) is 5.91 Å². The van der Waals surface area contributed by atoms with Crippen LogP contribution in [0.3, 0.4) is 0 Å². The van der Waals surface area contributed by atoms with Gasteiger partial charge in [-0.2, -0.15) is 8.78 Å². The van der Waals surface area contributed by atoms with Gasteiger partial charge >= 0.3 is 12.6 Å². The molecule has 0 atom stereocenters. The van der Waals surface area contributed by atoms with E-state index >= 15 is 0 Å². The van der Waals surface area contributed by atoms with Crippen molar-refractivity contribution in [2.45, 2.75) is 13.2 Å². The number of nitrogens with one attached hydrogen (secondary N) is 2. The van der Waals surface area contributed by atoms with Gasteiger partial charge in [-0.3, -0.25) is 4.79 Å². The molecule has 0 saturated heterocycles. The number of carbonyl (C=O) groups excluding carboxylic acids is 2. The summed E-state index contributed by atoms with van der Waals surface area (Å²) >= 11 is 0. The lowest BCUT2D eigenvalue weighted by atomic mass is 10.1. The third kappa shape index (κ3) is 5.24. The van der Waals surface area contributed by atoms with Gasteiger partial charge in [0.2, 0.25) is 0 Å². The first-order chi connectivity index (χ1) is 11.4. The van der Waals surface area contributed by atoms with E-state index in [-0.39, 0.29) is 17.9 Å². The second-order valence-corrected chi connectivity index (χ2v) is 4.78. The molecule has 3 amide bonds. The summed E-state index contributed by atoms with van der Waals surface area (Å²) in [7, 11) is 0. The minimum Gasteiger partial charge on any atom is -0.435 e. The van der Waals surface area contributed by atoms with Gasteiger partial charge in [-0.25, -0.2) is 4.79 Å². The molecule has 4 N–H and O–H groups in total. The number of amides is 3. The zero-order valence-corrected chi connectivity index (χ0v) is 12.5. The summed E-state index contributed by atoms with van der Waals surface area (Å²) in [5.74, 6) is -0.506. The molecular formula is C16H15F2N3O3. The number of anilines is 1. The maximum Gasteiger partial charge on any atom is 0.387 e. The number of nitrogens with two attached hydrogens (primary N) is 1. The van der Waals surface area contributed by atoms with Crippen molar-refractivity contribution in [3.8, 4) is 5.75 Å². The third-order valence-corrected chi connectivity index (χ3v) is 3.00. The van der Waals surface area contributed by atoms with Gasteiger partial charge in [-0.05, 0) is 35.9 Å². The van der Waals surface area contributed by atoms with Gasteiger partial charge in [0.05, 0.1) is 0 Å². The van der Waals surface area contributed by atoms with Gasteiger partial charge in [0.15, 0.2) is 0 Å². The minimum absolute atomic E-state index is 0.0838. The first-order valence-electron chi connectivity index (χ1n) is 6.92. The number of primary amides is 1. The largest absolute Gasteiger partial charge is 0.435 e. The van der Waals surface area contributed by atoms with E-state index in [1.165, 1.54) is 24.3 Å². The Bertz CT molecular complexity index is 721. The van der Waals surface area contributed by atoms with E-state index in [2.05, 4.69) is 15.4 Å². The maximum absolute atomic E-state index is 12.2. The zero-order valence-electron chi connectivity index (χ0n) is 12.5. The topological polar surface area (TPSA) is 93.5 Å². The van der Waals surface area contributed by atoms with Crippen LogP contribution in [0.1, 0.15) is 15.9 Å². The molecule has 24 heavy (non-hydrogen) atoms. The number of hydrogen-bond donors (Lipinski definition) is 3. The Morgan fingerprint density at radius 3 is 2.46 bits per heavy atom. The second kappa shape index (κ2) is 7.91. The van der Waals surface area contributed by atoms with Crippen molar-refractivity contribution in [2.75, 3.05) is 5.32 Å². The molecule has 0 aliphatic rings. The summed E-state index contributed by atoms with van der Waals surface area (Å²) in [6, 6.07) is 11.6. The van der Waals surface area contributed by atoms with Crippen molar-refractivity contribution in [1.29, 1.82) is 0 Å². The normalized spacial score (nSPS) is 10.3. The average molecular weight is 335 g/mol. The second-order valence-electron chi connectivity index (χ2n) is 4.78. The molecule has 2 rings (SSSR count). The first kappa shape index (κ1) is 17.2. The summed E-state index contributed by atoms with van der Waals surface area (Å²) < 4.78 is 28.6. The molecule has 2 aromatic carbocycles. The maximum atomic E-state index is 12.2. The Kier molecular flexibility index (Phi) is 5.67. The number of halogens is 2. The molecule has 0 bridgehead atoms. The highest BCUT2D eigenvalue weighted by molar-refractivity contribution is 5.94. The van der Waals surface area contributed by atoms with Crippen LogP contribution in [0.5, 0.6) is 5.75 Å². The lowest BCUT2D eigenvalue weighted by molar-refractivity contribution is -0.0498. The number of hydrogen-bond acceptors (Lipinski definition) is 3. The molecule has 0 spiro atoms. The third-order valence-electron chi connectivity index (χ3n) is 3.00. The van der Waals surface area contributed by atoms with Crippen molar-refractivity contribution >= 4 is 17.6 Å². The van der Waals surface area contributed by atoms with Crippen molar-refractivity contribution < 1.29 is 23.1 Å². The highest BCUT2D eigenvalue weighted by Gasteiger charge is 2.09. The van der Waals surface area contributed by atoms with Gasteiger partial charge in [0.1, 0.15) is 5.75 Å². The van der Waals surface area contributed by atoms with E-state index in [0.717, 1.165) is 5.56 Å². The molecule has 0 heterocycles. The Morgan fingerprint density at radius 1 is 1.12 bits per heavy atom. The quantitative estimate of drug-likeness (QED) is 0.758. The monoisotopic (exact) mass is 335 g/mol. The average Bonchev–Trinajstić information content (AvgIpc) is 2.53. The van der Waals surface area contributed by atoms with Crippen molar-refractivity contribution in [3.05, 3.63) is 59.7 Å². The van der Waals surface area contributed by atoms with Crippen molar-refractivity contribution in [1.82, 2.24) is 5.32 Å². The van der Waals surface area contributed by atoms with E-state index in [9.17, 15) is 18.4 Å². The number of ether oxygens (including phenoxy) is 1. The van der Waals surface area contributed by atoms with Crippen molar-refractivity contribution in [2.24, 2.45) is 5.73 Å². The van der Waals surface area contributed by atoms with Crippen LogP contribution in [0.4, 0.5) is 19.3 Å². The summed E-state index contributed by atoms with van der Waals surface area (Å²) in [5.41, 5.74) is 6.54. The van der Waals surface area contributed by atoms with Crippen LogP contribution in [-0.4, -0.2) is 18.5 Å². The van der Waals surface area contributed by atoms with Gasteiger partial charge in [-0.15, -0.1) is 0 Å². The molecule has 0 saturated carbocycles. The number of rotatable bonds is 6. The van der Waals surface area contributed by atoms with E-state index in [4.69, 9.17) is 5.73 Å². The molecule has 0 fully saturated rings. The van der Waals surface area contributed by atoms with E-state index in [0.29, 0.717) is 5.69 Å². The smallest absolute Gasteiger partial charge is 0.387 e. The molecule has 0 aliphatic carbocycles. The standard InChI is InChI=1S/C16H15F2N3O3/c17-15(18)24-13-3-1-2-11(8-13)14(22)20-9-10-4-6-12(7-5-10)21-16(19)23/h1-8,15H,9H2,(H,20,22)(H3,19,21,23).